The molecule has 24 heavy (non-hydrogen) atoms. The number of non-ortho nitro benzene ring substituents is 1. The molecular formula is C16H11ClFNO4S. The zero-order valence-electron chi connectivity index (χ0n) is 12.1. The van der Waals surface area contributed by atoms with Crippen LogP contribution in [-0.4, -0.2) is 13.3 Å². The van der Waals surface area contributed by atoms with E-state index in [1.165, 1.54) is 18.2 Å². The van der Waals surface area contributed by atoms with Crippen molar-refractivity contribution in [1.29, 1.82) is 0 Å². The molecule has 0 saturated carbocycles. The number of allylic oxidation sites excluding steroid dienone is 2. The summed E-state index contributed by atoms with van der Waals surface area (Å²) >= 11 is 5.91. The van der Waals surface area contributed by atoms with Crippen LogP contribution in [-0.2, 0) is 10.2 Å². The minimum absolute atomic E-state index is 0.0115. The summed E-state index contributed by atoms with van der Waals surface area (Å²) in [5, 5.41) is 10.7. The van der Waals surface area contributed by atoms with E-state index in [2.05, 4.69) is 0 Å². The highest BCUT2D eigenvalue weighted by Crippen LogP contribution is 2.23. The zero-order valence-corrected chi connectivity index (χ0v) is 13.7. The van der Waals surface area contributed by atoms with Crippen molar-refractivity contribution >= 4 is 39.7 Å². The molecule has 124 valence electrons. The van der Waals surface area contributed by atoms with E-state index in [1.807, 2.05) is 0 Å². The molecule has 0 spiro atoms. The van der Waals surface area contributed by atoms with E-state index in [0.717, 1.165) is 17.7 Å². The van der Waals surface area contributed by atoms with E-state index in [4.69, 9.17) is 11.6 Å². The van der Waals surface area contributed by atoms with Crippen LogP contribution in [0.15, 0.2) is 59.5 Å². The Hall–Kier alpha value is -2.51. The summed E-state index contributed by atoms with van der Waals surface area (Å²) in [6.07, 6.45) is 6.71. The van der Waals surface area contributed by atoms with Crippen molar-refractivity contribution in [2.24, 2.45) is 0 Å². The van der Waals surface area contributed by atoms with Gasteiger partial charge in [-0.05, 0) is 35.4 Å². The Morgan fingerprint density at radius 1 is 1.04 bits per heavy atom. The van der Waals surface area contributed by atoms with E-state index >= 15 is 0 Å². The van der Waals surface area contributed by atoms with Crippen LogP contribution < -0.4 is 0 Å². The van der Waals surface area contributed by atoms with Gasteiger partial charge in [-0.25, -0.2) is 0 Å². The first kappa shape index (κ1) is 17.8. The molecule has 0 N–H and O–H groups in total. The maximum Gasteiger partial charge on any atom is 0.332 e. The lowest BCUT2D eigenvalue weighted by Gasteiger charge is -2.00. The highest BCUT2D eigenvalue weighted by atomic mass is 35.5. The summed E-state index contributed by atoms with van der Waals surface area (Å²) in [4.78, 5) is 9.58. The number of hydrogen-bond acceptors (Lipinski definition) is 4. The lowest BCUT2D eigenvalue weighted by molar-refractivity contribution is -0.384. The number of rotatable bonds is 5. The van der Waals surface area contributed by atoms with Gasteiger partial charge in [0.05, 0.1) is 9.82 Å². The Balaban J connectivity index is 2.10. The smallest absolute Gasteiger partial charge is 0.258 e. The van der Waals surface area contributed by atoms with Crippen LogP contribution in [0.1, 0.15) is 11.1 Å². The second-order valence-corrected chi connectivity index (χ2v) is 6.44. The molecule has 0 aromatic heterocycles. The summed E-state index contributed by atoms with van der Waals surface area (Å²) in [5.74, 6) is 0. The molecule has 2 rings (SSSR count). The average molecular weight is 368 g/mol. The minimum atomic E-state index is -4.78. The third kappa shape index (κ3) is 4.74. The number of nitro groups is 1. The Morgan fingerprint density at radius 3 is 2.21 bits per heavy atom. The second kappa shape index (κ2) is 7.37. The monoisotopic (exact) mass is 367 g/mol. The second-order valence-electron chi connectivity index (χ2n) is 4.69. The topological polar surface area (TPSA) is 77.3 Å². The maximum absolute atomic E-state index is 12.8. The molecule has 8 heteroatoms. The van der Waals surface area contributed by atoms with Crippen LogP contribution in [0.5, 0.6) is 0 Å². The van der Waals surface area contributed by atoms with Crippen molar-refractivity contribution in [2.75, 3.05) is 0 Å². The van der Waals surface area contributed by atoms with Gasteiger partial charge in [0.15, 0.2) is 0 Å². The molecule has 0 aliphatic rings. The molecule has 2 aromatic carbocycles. The number of hydrogen-bond donors (Lipinski definition) is 0. The molecule has 0 aliphatic carbocycles. The first-order chi connectivity index (χ1) is 11.3. The van der Waals surface area contributed by atoms with Crippen molar-refractivity contribution in [3.05, 3.63) is 80.9 Å². The number of benzene rings is 2. The van der Waals surface area contributed by atoms with Gasteiger partial charge < -0.3 is 0 Å². The molecule has 0 amide bonds. The lowest BCUT2D eigenvalue weighted by atomic mass is 10.1. The van der Waals surface area contributed by atoms with Crippen LogP contribution in [0.4, 0.5) is 9.57 Å². The molecule has 0 bridgehead atoms. The van der Waals surface area contributed by atoms with Crippen LogP contribution in [0.3, 0.4) is 0 Å². The molecule has 0 heterocycles. The molecule has 0 unspecified atom stereocenters. The minimum Gasteiger partial charge on any atom is -0.258 e. The van der Waals surface area contributed by atoms with Crippen molar-refractivity contribution in [2.45, 2.75) is 4.90 Å². The van der Waals surface area contributed by atoms with Crippen LogP contribution >= 0.6 is 11.6 Å². The Kier molecular flexibility index (Phi) is 5.48. The predicted molar refractivity (Wildman–Crippen MR) is 90.9 cm³/mol. The SMILES string of the molecule is O=[N+]([O-])c1ccc(/C=C\C=C\c2ccc(S(=O)(=O)F)cc2Cl)cc1. The van der Waals surface area contributed by atoms with E-state index in [-0.39, 0.29) is 10.7 Å². The van der Waals surface area contributed by atoms with Crippen LogP contribution in [0.2, 0.25) is 5.02 Å². The standard InChI is InChI=1S/C16H11ClFNO4S/c17-16-11-15(24(18,22)23)10-7-13(16)4-2-1-3-12-5-8-14(9-6-12)19(20)21/h1-11H/b3-1-,4-2+. The maximum atomic E-state index is 12.8. The first-order valence-corrected chi connectivity index (χ1v) is 8.37. The third-order valence-corrected chi connectivity index (χ3v) is 4.18. The largest absolute Gasteiger partial charge is 0.332 e. The predicted octanol–water partition coefficient (Wildman–Crippen LogP) is 4.63. The zero-order chi connectivity index (χ0) is 17.7. The molecule has 5 nitrogen and oxygen atoms in total. The van der Waals surface area contributed by atoms with Gasteiger partial charge in [-0.1, -0.05) is 42.0 Å². The fraction of sp³-hybridized carbons (Fsp3) is 0. The summed E-state index contributed by atoms with van der Waals surface area (Å²) in [7, 11) is -4.78. The van der Waals surface area contributed by atoms with E-state index in [0.29, 0.717) is 5.56 Å². The van der Waals surface area contributed by atoms with Crippen LogP contribution in [0, 0.1) is 10.1 Å². The fourth-order valence-corrected chi connectivity index (χ4v) is 2.63. The molecule has 0 fully saturated rings. The molecule has 0 atom stereocenters. The van der Waals surface area contributed by atoms with Gasteiger partial charge in [0, 0.05) is 17.2 Å². The Bertz CT molecular complexity index is 922. The molecule has 2 aromatic rings. The first-order valence-electron chi connectivity index (χ1n) is 6.61. The van der Waals surface area contributed by atoms with Crippen molar-refractivity contribution in [1.82, 2.24) is 0 Å². The van der Waals surface area contributed by atoms with Gasteiger partial charge in [0.1, 0.15) is 0 Å². The summed E-state index contributed by atoms with van der Waals surface area (Å²) in [5.41, 5.74) is 1.31. The van der Waals surface area contributed by atoms with Gasteiger partial charge in [0.2, 0.25) is 0 Å². The van der Waals surface area contributed by atoms with Gasteiger partial charge >= 0.3 is 10.2 Å². The number of nitro benzene ring substituents is 1. The molecule has 0 aliphatic heterocycles. The van der Waals surface area contributed by atoms with Crippen molar-refractivity contribution in [3.8, 4) is 0 Å². The van der Waals surface area contributed by atoms with Crippen LogP contribution in [0.25, 0.3) is 12.2 Å². The molecule has 0 radical (unpaired) electrons. The van der Waals surface area contributed by atoms with E-state index < -0.39 is 20.0 Å². The Labute approximate surface area is 143 Å². The number of halogens is 2. The third-order valence-electron chi connectivity index (χ3n) is 3.03. The quantitative estimate of drug-likeness (QED) is 0.334. The average Bonchev–Trinajstić information content (AvgIpc) is 2.52. The molecular weight excluding hydrogens is 357 g/mol. The Morgan fingerprint density at radius 2 is 1.67 bits per heavy atom. The normalized spacial score (nSPS) is 12.1. The van der Waals surface area contributed by atoms with Crippen molar-refractivity contribution < 1.29 is 17.2 Å². The summed E-state index contributed by atoms with van der Waals surface area (Å²) < 4.78 is 34.4. The summed E-state index contributed by atoms with van der Waals surface area (Å²) in [6.45, 7) is 0. The van der Waals surface area contributed by atoms with E-state index in [1.54, 1.807) is 36.4 Å². The number of nitrogens with zero attached hydrogens (tertiary/aromatic N) is 1. The highest BCUT2D eigenvalue weighted by Gasteiger charge is 2.12. The van der Waals surface area contributed by atoms with Gasteiger partial charge in [-0.15, -0.1) is 3.89 Å². The van der Waals surface area contributed by atoms with E-state index in [9.17, 15) is 22.4 Å². The molecule has 0 saturated heterocycles. The summed E-state index contributed by atoms with van der Waals surface area (Å²) in [6, 6.07) is 9.57. The van der Waals surface area contributed by atoms with Gasteiger partial charge in [-0.2, -0.15) is 8.42 Å². The lowest BCUT2D eigenvalue weighted by Crippen LogP contribution is -1.91. The highest BCUT2D eigenvalue weighted by molar-refractivity contribution is 7.86. The van der Waals surface area contributed by atoms with Crippen molar-refractivity contribution in [3.63, 3.8) is 0 Å². The fourth-order valence-electron chi connectivity index (χ4n) is 1.83. The van der Waals surface area contributed by atoms with Gasteiger partial charge in [-0.3, -0.25) is 10.1 Å². The van der Waals surface area contributed by atoms with Gasteiger partial charge in [0.25, 0.3) is 5.69 Å².